The van der Waals surface area contributed by atoms with Gasteiger partial charge in [-0.05, 0) is 51.7 Å². The van der Waals surface area contributed by atoms with Crippen molar-refractivity contribution in [3.05, 3.63) is 29.6 Å². The van der Waals surface area contributed by atoms with Gasteiger partial charge in [-0.3, -0.25) is 9.59 Å². The summed E-state index contributed by atoms with van der Waals surface area (Å²) in [5, 5.41) is 13.9. The SMILES string of the molecule is COC(=O)[C@@H](C1CCN(C(=O)OC(C)(C)C)CC1)[C@@H](O)c1c(F)cccc1NC(=O)C(C)(C)C. The van der Waals surface area contributed by atoms with Crippen LogP contribution < -0.4 is 5.32 Å². The lowest BCUT2D eigenvalue weighted by atomic mass is 9.78. The topological polar surface area (TPSA) is 105 Å². The summed E-state index contributed by atoms with van der Waals surface area (Å²) in [6, 6.07) is 4.09. The molecule has 0 aliphatic carbocycles. The molecule has 9 heteroatoms. The van der Waals surface area contributed by atoms with Gasteiger partial charge in [-0.15, -0.1) is 0 Å². The fourth-order valence-electron chi connectivity index (χ4n) is 3.92. The summed E-state index contributed by atoms with van der Waals surface area (Å²) in [6.45, 7) is 11.1. The van der Waals surface area contributed by atoms with Crippen LogP contribution in [0.5, 0.6) is 0 Å². The number of rotatable bonds is 5. The molecule has 0 unspecified atom stereocenters. The first-order chi connectivity index (χ1) is 15.7. The van der Waals surface area contributed by atoms with Gasteiger partial charge < -0.3 is 24.8 Å². The molecule has 1 heterocycles. The van der Waals surface area contributed by atoms with Crippen LogP contribution in [0.2, 0.25) is 0 Å². The maximum absolute atomic E-state index is 14.9. The van der Waals surface area contributed by atoms with E-state index in [4.69, 9.17) is 9.47 Å². The minimum atomic E-state index is -1.55. The van der Waals surface area contributed by atoms with Gasteiger partial charge >= 0.3 is 12.1 Å². The van der Waals surface area contributed by atoms with Crippen LogP contribution in [-0.4, -0.2) is 53.8 Å². The van der Waals surface area contributed by atoms with Gasteiger partial charge in [-0.1, -0.05) is 26.8 Å². The second kappa shape index (κ2) is 10.7. The minimum Gasteiger partial charge on any atom is -0.469 e. The highest BCUT2D eigenvalue weighted by molar-refractivity contribution is 5.95. The molecule has 2 atom stereocenters. The average Bonchev–Trinajstić information content (AvgIpc) is 2.72. The van der Waals surface area contributed by atoms with Gasteiger partial charge in [0.15, 0.2) is 0 Å². The number of methoxy groups -OCH3 is 1. The molecule has 1 aliphatic rings. The number of amides is 2. The molecule has 0 bridgehead atoms. The molecule has 34 heavy (non-hydrogen) atoms. The summed E-state index contributed by atoms with van der Waals surface area (Å²) in [5.74, 6) is -3.22. The lowest BCUT2D eigenvalue weighted by Crippen LogP contribution is -2.44. The van der Waals surface area contributed by atoms with Crippen molar-refractivity contribution >= 4 is 23.7 Å². The van der Waals surface area contributed by atoms with Crippen LogP contribution in [0.4, 0.5) is 14.9 Å². The fourth-order valence-corrected chi connectivity index (χ4v) is 3.92. The molecule has 0 aromatic heterocycles. The van der Waals surface area contributed by atoms with Crippen molar-refractivity contribution in [2.45, 2.75) is 66.1 Å². The molecule has 2 amide bonds. The minimum absolute atomic E-state index is 0.104. The summed E-state index contributed by atoms with van der Waals surface area (Å²) < 4.78 is 25.3. The number of likely N-dealkylation sites (tertiary alicyclic amines) is 1. The lowest BCUT2D eigenvalue weighted by Gasteiger charge is -2.37. The Labute approximate surface area is 200 Å². The van der Waals surface area contributed by atoms with Crippen molar-refractivity contribution in [2.75, 3.05) is 25.5 Å². The van der Waals surface area contributed by atoms with Gasteiger partial charge in [0.25, 0.3) is 0 Å². The first-order valence-electron chi connectivity index (χ1n) is 11.5. The Kier molecular flexibility index (Phi) is 8.69. The second-order valence-corrected chi connectivity index (χ2v) is 10.7. The second-order valence-electron chi connectivity index (χ2n) is 10.7. The number of piperidine rings is 1. The summed E-state index contributed by atoms with van der Waals surface area (Å²) in [5.41, 5.74) is -1.43. The Balaban J connectivity index is 2.28. The third-order valence-corrected chi connectivity index (χ3v) is 5.79. The van der Waals surface area contributed by atoms with Gasteiger partial charge in [-0.2, -0.15) is 0 Å². The smallest absolute Gasteiger partial charge is 0.410 e. The van der Waals surface area contributed by atoms with Gasteiger partial charge in [-0.25, -0.2) is 9.18 Å². The number of aliphatic hydroxyl groups is 1. The van der Waals surface area contributed by atoms with Crippen molar-refractivity contribution in [1.82, 2.24) is 4.90 Å². The number of nitrogens with one attached hydrogen (secondary N) is 1. The first kappa shape index (κ1) is 27.6. The van der Waals surface area contributed by atoms with Crippen molar-refractivity contribution in [2.24, 2.45) is 17.3 Å². The van der Waals surface area contributed by atoms with Crippen LogP contribution in [-0.2, 0) is 19.1 Å². The van der Waals surface area contributed by atoms with E-state index in [9.17, 15) is 23.9 Å². The Bertz CT molecular complexity index is 898. The molecule has 1 fully saturated rings. The standard InChI is InChI=1S/C25H37FN2O6/c1-24(2,3)22(31)27-17-10-8-9-16(26)19(17)20(29)18(21(30)33-7)15-11-13-28(14-12-15)23(32)34-25(4,5)6/h8-10,15,18,20,29H,11-14H2,1-7H3,(H,27,31)/t18-,20+/m0/s1. The number of hydrogen-bond donors (Lipinski definition) is 2. The van der Waals surface area contributed by atoms with Crippen molar-refractivity contribution in [3.63, 3.8) is 0 Å². The van der Waals surface area contributed by atoms with E-state index in [0.29, 0.717) is 25.9 Å². The van der Waals surface area contributed by atoms with E-state index in [-0.39, 0.29) is 23.1 Å². The highest BCUT2D eigenvalue weighted by atomic mass is 19.1. The molecular formula is C25H37FN2O6. The molecule has 1 saturated heterocycles. The molecular weight excluding hydrogens is 443 g/mol. The number of esters is 1. The number of ether oxygens (including phenoxy) is 2. The van der Waals surface area contributed by atoms with E-state index >= 15 is 0 Å². The number of anilines is 1. The van der Waals surface area contributed by atoms with E-state index in [1.165, 1.54) is 25.3 Å². The van der Waals surface area contributed by atoms with Gasteiger partial charge in [0.05, 0.1) is 19.1 Å². The number of carbonyl (C=O) groups is 3. The molecule has 190 valence electrons. The number of nitrogens with zero attached hydrogens (tertiary/aromatic N) is 1. The van der Waals surface area contributed by atoms with E-state index in [0.717, 1.165) is 0 Å². The predicted molar refractivity (Wildman–Crippen MR) is 125 cm³/mol. The lowest BCUT2D eigenvalue weighted by molar-refractivity contribution is -0.153. The zero-order valence-corrected chi connectivity index (χ0v) is 21.1. The molecule has 1 aromatic rings. The van der Waals surface area contributed by atoms with E-state index < -0.39 is 40.9 Å². The molecule has 8 nitrogen and oxygen atoms in total. The van der Waals surface area contributed by atoms with Gasteiger partial charge in [0, 0.05) is 29.8 Å². The summed E-state index contributed by atoms with van der Waals surface area (Å²) in [4.78, 5) is 39.2. The highest BCUT2D eigenvalue weighted by Gasteiger charge is 2.41. The molecule has 0 spiro atoms. The number of halogens is 1. The molecule has 1 aromatic carbocycles. The average molecular weight is 481 g/mol. The van der Waals surface area contributed by atoms with Crippen LogP contribution >= 0.6 is 0 Å². The normalized spacial score (nSPS) is 17.0. The van der Waals surface area contributed by atoms with Crippen molar-refractivity contribution < 1.29 is 33.4 Å². The summed E-state index contributed by atoms with van der Waals surface area (Å²) in [6.07, 6.45) is -1.20. The van der Waals surface area contributed by atoms with E-state index in [1.807, 2.05) is 0 Å². The summed E-state index contributed by atoms with van der Waals surface area (Å²) in [7, 11) is 1.21. The maximum atomic E-state index is 14.9. The molecule has 2 rings (SSSR count). The van der Waals surface area contributed by atoms with Crippen LogP contribution in [0.3, 0.4) is 0 Å². The molecule has 0 saturated carbocycles. The van der Waals surface area contributed by atoms with Gasteiger partial charge in [0.2, 0.25) is 5.91 Å². The van der Waals surface area contributed by atoms with Crippen molar-refractivity contribution in [3.8, 4) is 0 Å². The highest BCUT2D eigenvalue weighted by Crippen LogP contribution is 2.39. The van der Waals surface area contributed by atoms with Gasteiger partial charge in [0.1, 0.15) is 11.4 Å². The Hall–Kier alpha value is -2.68. The zero-order chi connectivity index (χ0) is 25.8. The van der Waals surface area contributed by atoms with Crippen LogP contribution in [0.25, 0.3) is 0 Å². The van der Waals surface area contributed by atoms with E-state index in [1.54, 1.807) is 46.4 Å². The summed E-state index contributed by atoms with van der Waals surface area (Å²) >= 11 is 0. The van der Waals surface area contributed by atoms with Crippen LogP contribution in [0.1, 0.15) is 66.1 Å². The first-order valence-corrected chi connectivity index (χ1v) is 11.5. The third-order valence-electron chi connectivity index (χ3n) is 5.79. The van der Waals surface area contributed by atoms with Crippen LogP contribution in [0, 0.1) is 23.1 Å². The Morgan fingerprint density at radius 1 is 1.12 bits per heavy atom. The van der Waals surface area contributed by atoms with E-state index in [2.05, 4.69) is 5.32 Å². The fraction of sp³-hybridized carbons (Fsp3) is 0.640. The Morgan fingerprint density at radius 2 is 1.71 bits per heavy atom. The number of hydrogen-bond acceptors (Lipinski definition) is 6. The largest absolute Gasteiger partial charge is 0.469 e. The number of benzene rings is 1. The Morgan fingerprint density at radius 3 is 2.21 bits per heavy atom. The number of carbonyl (C=O) groups excluding carboxylic acids is 3. The molecule has 0 radical (unpaired) electrons. The maximum Gasteiger partial charge on any atom is 0.410 e. The molecule has 2 N–H and O–H groups in total. The third kappa shape index (κ3) is 6.91. The van der Waals surface area contributed by atoms with Crippen molar-refractivity contribution in [1.29, 1.82) is 0 Å². The quantitative estimate of drug-likeness (QED) is 0.610. The zero-order valence-electron chi connectivity index (χ0n) is 21.1. The number of aliphatic hydroxyl groups excluding tert-OH is 1. The predicted octanol–water partition coefficient (Wildman–Crippen LogP) is 4.28. The van der Waals surface area contributed by atoms with Crippen LogP contribution in [0.15, 0.2) is 18.2 Å². The molecule has 1 aliphatic heterocycles. The monoisotopic (exact) mass is 480 g/mol.